The van der Waals surface area contributed by atoms with Gasteiger partial charge in [0.1, 0.15) is 29.9 Å². The van der Waals surface area contributed by atoms with Gasteiger partial charge in [-0.25, -0.2) is 9.78 Å². The molecule has 0 fully saturated rings. The maximum atomic E-state index is 13.4. The van der Waals surface area contributed by atoms with Gasteiger partial charge in [-0.1, -0.05) is 32.4 Å². The van der Waals surface area contributed by atoms with Gasteiger partial charge in [0, 0.05) is 24.7 Å². The largest absolute Gasteiger partial charge is 0.508 e. The van der Waals surface area contributed by atoms with Gasteiger partial charge in [0.15, 0.2) is 0 Å². The molecule has 13 heteroatoms. The summed E-state index contributed by atoms with van der Waals surface area (Å²) in [6.45, 7) is 4.82. The van der Waals surface area contributed by atoms with Crippen LogP contribution in [0.1, 0.15) is 38.4 Å². The molecule has 1 aromatic carbocycles. The van der Waals surface area contributed by atoms with E-state index in [9.17, 15) is 34.5 Å². The zero-order chi connectivity index (χ0) is 28.4. The summed E-state index contributed by atoms with van der Waals surface area (Å²) in [6.07, 6.45) is 2.13. The molecule has 0 saturated heterocycles. The number of carboxylic acids is 1. The number of benzene rings is 1. The van der Waals surface area contributed by atoms with E-state index in [1.54, 1.807) is 26.0 Å². The van der Waals surface area contributed by atoms with E-state index in [0.29, 0.717) is 17.7 Å². The number of hydrogen-bond acceptors (Lipinski definition) is 8. The lowest BCUT2D eigenvalue weighted by atomic mass is 9.98. The van der Waals surface area contributed by atoms with Gasteiger partial charge in [-0.3, -0.25) is 14.4 Å². The number of imidazole rings is 1. The monoisotopic (exact) mass is 532 g/mol. The standard InChI is InChI=1S/C25H36N6O7/c1-4-13(2)21(25(37)38)31-23(35)18(9-15-5-7-17(33)8-6-15)29-22(34)19(10-16-11-27-12-28-16)30-24(36)20(26)14(3)32/h5-8,11-14,18-21,32-33H,4,9-10,26H2,1-3H3,(H,27,28)(H,29,34)(H,30,36)(H,31,35)(H,37,38). The highest BCUT2D eigenvalue weighted by Crippen LogP contribution is 2.13. The number of aromatic amines is 1. The number of nitrogens with one attached hydrogen (secondary N) is 4. The third-order valence-electron chi connectivity index (χ3n) is 6.22. The molecule has 1 heterocycles. The fourth-order valence-electron chi connectivity index (χ4n) is 3.60. The van der Waals surface area contributed by atoms with Gasteiger partial charge < -0.3 is 42.0 Å². The number of carbonyl (C=O) groups excluding carboxylic acids is 3. The van der Waals surface area contributed by atoms with Crippen LogP contribution in [0.3, 0.4) is 0 Å². The molecule has 6 atom stereocenters. The number of aliphatic hydroxyl groups is 1. The number of carboxylic acid groups (broad SMARTS) is 1. The number of phenolic OH excluding ortho intramolecular Hbond substituents is 1. The summed E-state index contributed by atoms with van der Waals surface area (Å²) in [6, 6.07) is 1.07. The Morgan fingerprint density at radius 2 is 1.55 bits per heavy atom. The molecule has 1 aromatic heterocycles. The van der Waals surface area contributed by atoms with Gasteiger partial charge in [-0.05, 0) is 30.5 Å². The van der Waals surface area contributed by atoms with Gasteiger partial charge in [-0.2, -0.15) is 0 Å². The topological polar surface area (TPSA) is 220 Å². The predicted octanol–water partition coefficient (Wildman–Crippen LogP) is -0.806. The van der Waals surface area contributed by atoms with Crippen molar-refractivity contribution in [2.45, 2.75) is 70.3 Å². The first-order valence-corrected chi connectivity index (χ1v) is 12.3. The van der Waals surface area contributed by atoms with Crippen molar-refractivity contribution in [3.05, 3.63) is 48.0 Å². The second kappa shape index (κ2) is 14.1. The summed E-state index contributed by atoms with van der Waals surface area (Å²) in [5, 5.41) is 36.5. The fraction of sp³-hybridized carbons (Fsp3) is 0.480. The number of aromatic hydroxyl groups is 1. The molecular formula is C25H36N6O7. The van der Waals surface area contributed by atoms with E-state index in [1.807, 2.05) is 0 Å². The van der Waals surface area contributed by atoms with Crippen LogP contribution in [0.25, 0.3) is 0 Å². The van der Waals surface area contributed by atoms with Crippen LogP contribution in [0.4, 0.5) is 0 Å². The summed E-state index contributed by atoms with van der Waals surface area (Å²) in [5.41, 5.74) is 6.82. The van der Waals surface area contributed by atoms with Crippen molar-refractivity contribution >= 4 is 23.7 Å². The minimum Gasteiger partial charge on any atom is -0.508 e. The zero-order valence-corrected chi connectivity index (χ0v) is 21.5. The van der Waals surface area contributed by atoms with Crippen molar-refractivity contribution in [1.29, 1.82) is 0 Å². The van der Waals surface area contributed by atoms with Gasteiger partial charge in [0.25, 0.3) is 0 Å². The SMILES string of the molecule is CCC(C)C(NC(=O)C(Cc1ccc(O)cc1)NC(=O)C(Cc1cnc[nH]1)NC(=O)C(N)C(C)O)C(=O)O. The number of nitrogens with two attached hydrogens (primary N) is 1. The van der Waals surface area contributed by atoms with Crippen molar-refractivity contribution in [1.82, 2.24) is 25.9 Å². The van der Waals surface area contributed by atoms with E-state index in [1.165, 1.54) is 31.6 Å². The van der Waals surface area contributed by atoms with Crippen molar-refractivity contribution in [2.75, 3.05) is 0 Å². The van der Waals surface area contributed by atoms with Crippen molar-refractivity contribution in [2.24, 2.45) is 11.7 Å². The second-order valence-electron chi connectivity index (χ2n) is 9.25. The third-order valence-corrected chi connectivity index (χ3v) is 6.22. The number of nitrogens with zero attached hydrogens (tertiary/aromatic N) is 1. The quantitative estimate of drug-likeness (QED) is 0.152. The normalized spacial score (nSPS) is 15.8. The lowest BCUT2D eigenvalue weighted by molar-refractivity contribution is -0.143. The Morgan fingerprint density at radius 3 is 2.08 bits per heavy atom. The third kappa shape index (κ3) is 8.85. The number of aromatic nitrogens is 2. The molecule has 9 N–H and O–H groups in total. The fourth-order valence-corrected chi connectivity index (χ4v) is 3.60. The Hall–Kier alpha value is -3.97. The molecule has 38 heavy (non-hydrogen) atoms. The molecule has 0 bridgehead atoms. The van der Waals surface area contributed by atoms with Gasteiger partial charge in [-0.15, -0.1) is 0 Å². The maximum absolute atomic E-state index is 13.4. The molecule has 13 nitrogen and oxygen atoms in total. The highest BCUT2D eigenvalue weighted by molar-refractivity contribution is 5.94. The Bertz CT molecular complexity index is 1070. The lowest BCUT2D eigenvalue weighted by Gasteiger charge is -2.27. The van der Waals surface area contributed by atoms with E-state index in [2.05, 4.69) is 25.9 Å². The molecule has 2 aromatic rings. The number of rotatable bonds is 14. The van der Waals surface area contributed by atoms with Gasteiger partial charge in [0.2, 0.25) is 17.7 Å². The minimum atomic E-state index is -1.30. The Morgan fingerprint density at radius 1 is 0.974 bits per heavy atom. The minimum absolute atomic E-state index is 0.0123. The highest BCUT2D eigenvalue weighted by atomic mass is 16.4. The molecular weight excluding hydrogens is 496 g/mol. The van der Waals surface area contributed by atoms with Crippen molar-refractivity contribution < 1.29 is 34.5 Å². The summed E-state index contributed by atoms with van der Waals surface area (Å²) in [7, 11) is 0. The van der Waals surface area contributed by atoms with Crippen LogP contribution in [-0.4, -0.2) is 79.2 Å². The number of aliphatic hydroxyl groups excluding tert-OH is 1. The Kier molecular flexibility index (Phi) is 11.2. The summed E-state index contributed by atoms with van der Waals surface area (Å²) >= 11 is 0. The molecule has 0 aliphatic carbocycles. The average molecular weight is 533 g/mol. The molecule has 208 valence electrons. The first-order chi connectivity index (χ1) is 17.9. The smallest absolute Gasteiger partial charge is 0.326 e. The number of H-pyrrole nitrogens is 1. The summed E-state index contributed by atoms with van der Waals surface area (Å²) in [4.78, 5) is 57.7. The Labute approximate surface area is 220 Å². The number of aliphatic carboxylic acids is 1. The predicted molar refractivity (Wildman–Crippen MR) is 137 cm³/mol. The summed E-state index contributed by atoms with van der Waals surface area (Å²) in [5.74, 6) is -3.82. The molecule has 2 rings (SSSR count). The van der Waals surface area contributed by atoms with E-state index in [4.69, 9.17) is 5.73 Å². The molecule has 3 amide bonds. The van der Waals surface area contributed by atoms with Crippen LogP contribution < -0.4 is 21.7 Å². The van der Waals surface area contributed by atoms with Gasteiger partial charge >= 0.3 is 5.97 Å². The van der Waals surface area contributed by atoms with E-state index < -0.39 is 54.0 Å². The first kappa shape index (κ1) is 30.3. The number of carbonyl (C=O) groups is 4. The molecule has 0 radical (unpaired) electrons. The van der Waals surface area contributed by atoms with Crippen LogP contribution in [0, 0.1) is 5.92 Å². The van der Waals surface area contributed by atoms with E-state index >= 15 is 0 Å². The zero-order valence-electron chi connectivity index (χ0n) is 21.5. The molecule has 0 aliphatic heterocycles. The van der Waals surface area contributed by atoms with E-state index in [-0.39, 0.29) is 24.5 Å². The molecule has 6 unspecified atom stereocenters. The second-order valence-corrected chi connectivity index (χ2v) is 9.25. The number of amides is 3. The van der Waals surface area contributed by atoms with Crippen molar-refractivity contribution in [3.8, 4) is 5.75 Å². The number of hydrogen-bond donors (Lipinski definition) is 8. The van der Waals surface area contributed by atoms with Crippen LogP contribution in [0.2, 0.25) is 0 Å². The van der Waals surface area contributed by atoms with Gasteiger partial charge in [0.05, 0.1) is 12.4 Å². The number of phenols is 1. The molecule has 0 saturated carbocycles. The Balaban J connectivity index is 2.32. The highest BCUT2D eigenvalue weighted by Gasteiger charge is 2.32. The average Bonchev–Trinajstić information content (AvgIpc) is 3.39. The molecule has 0 aliphatic rings. The van der Waals surface area contributed by atoms with E-state index in [0.717, 1.165) is 0 Å². The lowest BCUT2D eigenvalue weighted by Crippen LogP contribution is -2.59. The van der Waals surface area contributed by atoms with Crippen LogP contribution in [0.15, 0.2) is 36.8 Å². The summed E-state index contributed by atoms with van der Waals surface area (Å²) < 4.78 is 0. The van der Waals surface area contributed by atoms with Crippen molar-refractivity contribution in [3.63, 3.8) is 0 Å². The molecule has 0 spiro atoms. The first-order valence-electron chi connectivity index (χ1n) is 12.3. The van der Waals surface area contributed by atoms with Crippen LogP contribution >= 0.6 is 0 Å². The van der Waals surface area contributed by atoms with Crippen LogP contribution in [-0.2, 0) is 32.0 Å². The maximum Gasteiger partial charge on any atom is 0.326 e. The van der Waals surface area contributed by atoms with Crippen LogP contribution in [0.5, 0.6) is 5.75 Å².